The van der Waals surface area contributed by atoms with E-state index in [1.165, 1.54) is 40.6 Å². The van der Waals surface area contributed by atoms with Crippen LogP contribution in [0.25, 0.3) is 11.3 Å². The van der Waals surface area contributed by atoms with Crippen molar-refractivity contribution >= 4 is 34.2 Å². The third kappa shape index (κ3) is 5.48. The van der Waals surface area contributed by atoms with Crippen molar-refractivity contribution in [1.82, 2.24) is 9.97 Å². The van der Waals surface area contributed by atoms with Crippen molar-refractivity contribution in [2.45, 2.75) is 32.9 Å². The second-order valence-corrected chi connectivity index (χ2v) is 8.44. The zero-order valence-electron chi connectivity index (χ0n) is 15.9. The summed E-state index contributed by atoms with van der Waals surface area (Å²) >= 11 is 7.29. The lowest BCUT2D eigenvalue weighted by molar-refractivity contribution is 0.0577. The van der Waals surface area contributed by atoms with Gasteiger partial charge in [-0.15, -0.1) is 11.3 Å². The number of carbonyl (C=O) groups is 1. The van der Waals surface area contributed by atoms with Crippen LogP contribution in [0.4, 0.5) is 18.7 Å². The molecule has 0 aliphatic carbocycles. The molecule has 0 atom stereocenters. The molecule has 0 aliphatic rings. The third-order valence-electron chi connectivity index (χ3n) is 3.69. The van der Waals surface area contributed by atoms with Crippen molar-refractivity contribution in [2.75, 3.05) is 4.90 Å². The van der Waals surface area contributed by atoms with Gasteiger partial charge in [0.05, 0.1) is 17.3 Å². The molecule has 9 heteroatoms. The lowest BCUT2D eigenvalue weighted by Gasteiger charge is -2.26. The third-order valence-corrected chi connectivity index (χ3v) is 4.85. The number of halogens is 3. The van der Waals surface area contributed by atoms with Crippen molar-refractivity contribution in [1.29, 1.82) is 0 Å². The van der Waals surface area contributed by atoms with Crippen LogP contribution < -0.4 is 4.90 Å². The molecule has 152 valence electrons. The fourth-order valence-corrected chi connectivity index (χ4v) is 3.44. The maximum absolute atomic E-state index is 13.5. The molecule has 2 aromatic heterocycles. The Morgan fingerprint density at radius 3 is 2.59 bits per heavy atom. The monoisotopic (exact) mass is 437 g/mol. The van der Waals surface area contributed by atoms with Gasteiger partial charge >= 0.3 is 6.09 Å². The Bertz CT molecular complexity index is 1020. The fraction of sp³-hybridized carbons (Fsp3) is 0.250. The standard InChI is InChI=1S/C20H18ClF2N3O2S/c1-20(2,3)28-19(27)26(10-12-4-6-13(22)7-5-12)18-25-16(11-29-18)14-8-17(23)24-9-15(14)21/h4-9,11H,10H2,1-3H3. The van der Waals surface area contributed by atoms with Crippen LogP contribution in [0.15, 0.2) is 41.9 Å². The molecule has 29 heavy (non-hydrogen) atoms. The molecule has 2 heterocycles. The zero-order valence-corrected chi connectivity index (χ0v) is 17.5. The first-order valence-corrected chi connectivity index (χ1v) is 9.90. The molecule has 3 aromatic rings. The summed E-state index contributed by atoms with van der Waals surface area (Å²) in [6, 6.07) is 6.97. The van der Waals surface area contributed by atoms with Crippen LogP contribution in [0, 0.1) is 11.8 Å². The van der Waals surface area contributed by atoms with Gasteiger partial charge in [0.2, 0.25) is 5.95 Å². The quantitative estimate of drug-likeness (QED) is 0.464. The Balaban J connectivity index is 1.95. The van der Waals surface area contributed by atoms with Crippen molar-refractivity contribution < 1.29 is 18.3 Å². The summed E-state index contributed by atoms with van der Waals surface area (Å²) in [7, 11) is 0. The Kier molecular flexibility index (Phi) is 6.14. The van der Waals surface area contributed by atoms with Gasteiger partial charge in [0.25, 0.3) is 0 Å². The minimum atomic E-state index is -0.713. The maximum atomic E-state index is 13.5. The SMILES string of the molecule is CC(C)(C)OC(=O)N(Cc1ccc(F)cc1)c1nc(-c2cc(F)ncc2Cl)cs1. The molecular formula is C20H18ClF2N3O2S. The molecule has 3 rings (SSSR count). The van der Waals surface area contributed by atoms with Gasteiger partial charge < -0.3 is 4.74 Å². The fourth-order valence-electron chi connectivity index (χ4n) is 2.42. The summed E-state index contributed by atoms with van der Waals surface area (Å²) in [5.41, 5.74) is 0.758. The van der Waals surface area contributed by atoms with Gasteiger partial charge in [-0.25, -0.2) is 24.1 Å². The number of aromatic nitrogens is 2. The summed E-state index contributed by atoms with van der Waals surface area (Å²) in [6.45, 7) is 5.40. The molecule has 1 aromatic carbocycles. The van der Waals surface area contributed by atoms with E-state index in [1.54, 1.807) is 38.3 Å². The Hall–Kier alpha value is -2.58. The van der Waals surface area contributed by atoms with Gasteiger partial charge in [0, 0.05) is 23.2 Å². The molecule has 0 saturated carbocycles. The van der Waals surface area contributed by atoms with Gasteiger partial charge in [-0.05, 0) is 38.5 Å². The summed E-state index contributed by atoms with van der Waals surface area (Å²) < 4.78 is 32.2. The van der Waals surface area contributed by atoms with Crippen LogP contribution in [0.5, 0.6) is 0 Å². The molecule has 0 bridgehead atoms. The second kappa shape index (κ2) is 8.42. The highest BCUT2D eigenvalue weighted by Crippen LogP contribution is 2.33. The summed E-state index contributed by atoms with van der Waals surface area (Å²) in [6.07, 6.45) is 0.602. The zero-order chi connectivity index (χ0) is 21.2. The molecule has 5 nitrogen and oxygen atoms in total. The van der Waals surface area contributed by atoms with Crippen LogP contribution >= 0.6 is 22.9 Å². The van der Waals surface area contributed by atoms with E-state index < -0.39 is 17.6 Å². The van der Waals surface area contributed by atoms with Gasteiger partial charge in [-0.3, -0.25) is 0 Å². The number of hydrogen-bond acceptors (Lipinski definition) is 5. The number of thiazole rings is 1. The number of rotatable bonds is 4. The average molecular weight is 438 g/mol. The first-order chi connectivity index (χ1) is 13.6. The predicted molar refractivity (Wildman–Crippen MR) is 109 cm³/mol. The van der Waals surface area contributed by atoms with Gasteiger partial charge in [-0.1, -0.05) is 23.7 Å². The Morgan fingerprint density at radius 1 is 1.24 bits per heavy atom. The van der Waals surface area contributed by atoms with Crippen LogP contribution in [0.2, 0.25) is 5.02 Å². The van der Waals surface area contributed by atoms with E-state index in [2.05, 4.69) is 9.97 Å². The van der Waals surface area contributed by atoms with Gasteiger partial charge in [-0.2, -0.15) is 4.39 Å². The number of ether oxygens (including phenoxy) is 1. The molecule has 0 spiro atoms. The lowest BCUT2D eigenvalue weighted by atomic mass is 10.2. The first kappa shape index (κ1) is 21.1. The molecule has 0 radical (unpaired) electrons. The number of amides is 1. The van der Waals surface area contributed by atoms with Crippen molar-refractivity contribution in [2.24, 2.45) is 0 Å². The van der Waals surface area contributed by atoms with Crippen LogP contribution in [-0.4, -0.2) is 21.7 Å². The summed E-state index contributed by atoms with van der Waals surface area (Å²) in [5, 5.41) is 2.25. The molecule has 0 fully saturated rings. The Labute approximate surface area is 175 Å². The summed E-state index contributed by atoms with van der Waals surface area (Å²) in [4.78, 5) is 22.1. The van der Waals surface area contributed by atoms with Gasteiger partial charge in [0.15, 0.2) is 5.13 Å². The minimum Gasteiger partial charge on any atom is -0.443 e. The van der Waals surface area contributed by atoms with E-state index in [0.717, 1.165) is 0 Å². The highest BCUT2D eigenvalue weighted by atomic mass is 35.5. The van der Waals surface area contributed by atoms with Gasteiger partial charge in [0.1, 0.15) is 11.4 Å². The largest absolute Gasteiger partial charge is 0.443 e. The van der Waals surface area contributed by atoms with E-state index >= 15 is 0 Å². The summed E-state index contributed by atoms with van der Waals surface area (Å²) in [5.74, 6) is -1.06. The number of nitrogens with zero attached hydrogens (tertiary/aromatic N) is 3. The number of pyridine rings is 1. The van der Waals surface area contributed by atoms with E-state index in [0.29, 0.717) is 22.0 Å². The second-order valence-electron chi connectivity index (χ2n) is 7.20. The first-order valence-electron chi connectivity index (χ1n) is 8.64. The highest BCUT2D eigenvalue weighted by Gasteiger charge is 2.26. The van der Waals surface area contributed by atoms with Crippen LogP contribution in [0.1, 0.15) is 26.3 Å². The number of carbonyl (C=O) groups excluding carboxylic acids is 1. The maximum Gasteiger partial charge on any atom is 0.416 e. The van der Waals surface area contributed by atoms with Crippen molar-refractivity contribution in [3.05, 3.63) is 64.3 Å². The molecule has 1 amide bonds. The normalized spacial score (nSPS) is 11.4. The molecule has 0 unspecified atom stereocenters. The molecule has 0 N–H and O–H groups in total. The lowest BCUT2D eigenvalue weighted by Crippen LogP contribution is -2.36. The molecule has 0 aliphatic heterocycles. The Morgan fingerprint density at radius 2 is 1.93 bits per heavy atom. The van der Waals surface area contributed by atoms with E-state index in [4.69, 9.17) is 16.3 Å². The topological polar surface area (TPSA) is 55.3 Å². The van der Waals surface area contributed by atoms with Crippen LogP contribution in [0.3, 0.4) is 0 Å². The van der Waals surface area contributed by atoms with Crippen molar-refractivity contribution in [3.8, 4) is 11.3 Å². The van der Waals surface area contributed by atoms with E-state index in [-0.39, 0.29) is 17.4 Å². The van der Waals surface area contributed by atoms with E-state index in [1.807, 2.05) is 0 Å². The minimum absolute atomic E-state index is 0.126. The van der Waals surface area contributed by atoms with Crippen LogP contribution in [-0.2, 0) is 11.3 Å². The molecule has 0 saturated heterocycles. The smallest absolute Gasteiger partial charge is 0.416 e. The molecular weight excluding hydrogens is 420 g/mol. The average Bonchev–Trinajstić information content (AvgIpc) is 3.11. The van der Waals surface area contributed by atoms with Crippen molar-refractivity contribution in [3.63, 3.8) is 0 Å². The highest BCUT2D eigenvalue weighted by molar-refractivity contribution is 7.14. The number of anilines is 1. The number of benzene rings is 1. The predicted octanol–water partition coefficient (Wildman–Crippen LogP) is 6.08. The van der Waals surface area contributed by atoms with E-state index in [9.17, 15) is 13.6 Å². The number of hydrogen-bond donors (Lipinski definition) is 0.